The molecule has 0 rings (SSSR count). The van der Waals surface area contributed by atoms with Gasteiger partial charge in [0.05, 0.1) is 6.61 Å². The van der Waals surface area contributed by atoms with Crippen LogP contribution in [0.25, 0.3) is 0 Å². The summed E-state index contributed by atoms with van der Waals surface area (Å²) in [6.07, 6.45) is 6.92. The molecular formula is C13H27NO2. The first-order valence-corrected chi connectivity index (χ1v) is 6.60. The normalized spacial score (nSPS) is 10.8. The summed E-state index contributed by atoms with van der Waals surface area (Å²) in [6, 6.07) is 0. The van der Waals surface area contributed by atoms with Gasteiger partial charge in [-0.25, -0.2) is 0 Å². The van der Waals surface area contributed by atoms with Gasteiger partial charge in [-0.2, -0.15) is 0 Å². The van der Waals surface area contributed by atoms with Crippen molar-refractivity contribution in [2.75, 3.05) is 13.2 Å². The average Bonchev–Trinajstić information content (AvgIpc) is 2.30. The minimum absolute atomic E-state index is 0.0420. The molecule has 0 spiro atoms. The monoisotopic (exact) mass is 229 g/mol. The molecule has 0 saturated carbocycles. The summed E-state index contributed by atoms with van der Waals surface area (Å²) >= 11 is 0. The molecule has 0 aliphatic heterocycles. The number of nitrogens with two attached hydrogens (primary N) is 1. The van der Waals surface area contributed by atoms with Crippen LogP contribution in [-0.2, 0) is 9.53 Å². The van der Waals surface area contributed by atoms with Crippen LogP contribution in [0.4, 0.5) is 0 Å². The fourth-order valence-electron chi connectivity index (χ4n) is 1.57. The molecule has 0 fully saturated rings. The van der Waals surface area contributed by atoms with E-state index in [-0.39, 0.29) is 5.97 Å². The molecule has 3 heteroatoms. The maximum Gasteiger partial charge on any atom is 0.305 e. The number of carbonyl (C=O) groups excluding carboxylic acids is 1. The predicted molar refractivity (Wildman–Crippen MR) is 67.2 cm³/mol. The fraction of sp³-hybridized carbons (Fsp3) is 0.923. The molecule has 0 unspecified atom stereocenters. The van der Waals surface area contributed by atoms with Crippen molar-refractivity contribution in [1.29, 1.82) is 0 Å². The highest BCUT2D eigenvalue weighted by Gasteiger charge is 2.07. The molecule has 0 aromatic rings. The Hall–Kier alpha value is -0.570. The van der Waals surface area contributed by atoms with Crippen LogP contribution >= 0.6 is 0 Å². The summed E-state index contributed by atoms with van der Waals surface area (Å²) in [5.41, 5.74) is 5.39. The van der Waals surface area contributed by atoms with E-state index in [1.165, 1.54) is 0 Å². The smallest absolute Gasteiger partial charge is 0.305 e. The van der Waals surface area contributed by atoms with Gasteiger partial charge in [0, 0.05) is 6.42 Å². The topological polar surface area (TPSA) is 52.3 Å². The Balaban J connectivity index is 3.37. The Labute approximate surface area is 99.7 Å². The lowest BCUT2D eigenvalue weighted by molar-refractivity contribution is -0.145. The van der Waals surface area contributed by atoms with Gasteiger partial charge in [-0.3, -0.25) is 4.79 Å². The van der Waals surface area contributed by atoms with E-state index in [1.54, 1.807) is 0 Å². The van der Waals surface area contributed by atoms with E-state index in [0.717, 1.165) is 45.1 Å². The van der Waals surface area contributed by atoms with E-state index in [0.29, 0.717) is 18.9 Å². The first kappa shape index (κ1) is 15.4. The maximum atomic E-state index is 11.4. The molecule has 0 aliphatic carbocycles. The molecule has 2 N–H and O–H groups in total. The van der Waals surface area contributed by atoms with Crippen LogP contribution in [0.15, 0.2) is 0 Å². The van der Waals surface area contributed by atoms with Gasteiger partial charge in [0.15, 0.2) is 0 Å². The fourth-order valence-corrected chi connectivity index (χ4v) is 1.57. The van der Waals surface area contributed by atoms with Gasteiger partial charge in [0.2, 0.25) is 0 Å². The predicted octanol–water partition coefficient (Wildman–Crippen LogP) is 2.88. The third-order valence-electron chi connectivity index (χ3n) is 2.97. The zero-order valence-electron chi connectivity index (χ0n) is 10.8. The van der Waals surface area contributed by atoms with Crippen molar-refractivity contribution in [3.05, 3.63) is 0 Å². The Bertz CT molecular complexity index is 167. The zero-order chi connectivity index (χ0) is 12.2. The molecule has 0 aromatic carbocycles. The van der Waals surface area contributed by atoms with Gasteiger partial charge >= 0.3 is 5.97 Å². The molecule has 0 radical (unpaired) electrons. The second-order valence-electron chi connectivity index (χ2n) is 4.32. The Morgan fingerprint density at radius 2 is 1.75 bits per heavy atom. The molecule has 96 valence electrons. The van der Waals surface area contributed by atoms with E-state index in [2.05, 4.69) is 13.8 Å². The van der Waals surface area contributed by atoms with Crippen LogP contribution in [-0.4, -0.2) is 19.1 Å². The molecule has 0 heterocycles. The highest BCUT2D eigenvalue weighted by Crippen LogP contribution is 2.09. The molecule has 0 aliphatic rings. The molecule has 0 bridgehead atoms. The van der Waals surface area contributed by atoms with Gasteiger partial charge in [-0.15, -0.1) is 0 Å². The van der Waals surface area contributed by atoms with Crippen molar-refractivity contribution in [2.45, 2.75) is 58.8 Å². The third-order valence-corrected chi connectivity index (χ3v) is 2.97. The largest absolute Gasteiger partial charge is 0.465 e. The highest BCUT2D eigenvalue weighted by atomic mass is 16.5. The second kappa shape index (κ2) is 10.9. The Morgan fingerprint density at radius 1 is 1.12 bits per heavy atom. The van der Waals surface area contributed by atoms with E-state index in [9.17, 15) is 4.79 Å². The highest BCUT2D eigenvalue weighted by molar-refractivity contribution is 5.69. The number of esters is 1. The molecule has 0 saturated heterocycles. The molecule has 0 atom stereocenters. The molecular weight excluding hydrogens is 202 g/mol. The summed E-state index contributed by atoms with van der Waals surface area (Å²) in [4.78, 5) is 11.4. The first-order valence-electron chi connectivity index (χ1n) is 6.60. The van der Waals surface area contributed by atoms with E-state index in [1.807, 2.05) is 0 Å². The summed E-state index contributed by atoms with van der Waals surface area (Å²) < 4.78 is 5.23. The van der Waals surface area contributed by atoms with Crippen molar-refractivity contribution in [1.82, 2.24) is 0 Å². The van der Waals surface area contributed by atoms with Gasteiger partial charge < -0.3 is 10.5 Å². The van der Waals surface area contributed by atoms with Crippen LogP contribution in [0.3, 0.4) is 0 Å². The van der Waals surface area contributed by atoms with Crippen molar-refractivity contribution in [3.63, 3.8) is 0 Å². The maximum absolute atomic E-state index is 11.4. The van der Waals surface area contributed by atoms with E-state index >= 15 is 0 Å². The lowest BCUT2D eigenvalue weighted by atomic mass is 10.1. The first-order chi connectivity index (χ1) is 7.74. The van der Waals surface area contributed by atoms with Crippen molar-refractivity contribution in [2.24, 2.45) is 11.7 Å². The minimum Gasteiger partial charge on any atom is -0.465 e. The number of unbranched alkanes of at least 4 members (excludes halogenated alkanes) is 3. The lowest BCUT2D eigenvalue weighted by Gasteiger charge is -2.12. The van der Waals surface area contributed by atoms with E-state index in [4.69, 9.17) is 10.5 Å². The molecule has 16 heavy (non-hydrogen) atoms. The van der Waals surface area contributed by atoms with Gasteiger partial charge in [-0.1, -0.05) is 39.5 Å². The van der Waals surface area contributed by atoms with Crippen LogP contribution in [0.2, 0.25) is 0 Å². The molecule has 0 amide bonds. The number of ether oxygens (including phenoxy) is 1. The van der Waals surface area contributed by atoms with Crippen LogP contribution < -0.4 is 5.73 Å². The third kappa shape index (κ3) is 8.72. The number of hydrogen-bond donors (Lipinski definition) is 1. The van der Waals surface area contributed by atoms with Crippen molar-refractivity contribution < 1.29 is 9.53 Å². The van der Waals surface area contributed by atoms with Gasteiger partial charge in [0.25, 0.3) is 0 Å². The summed E-state index contributed by atoms with van der Waals surface area (Å²) in [6.45, 7) is 5.61. The van der Waals surface area contributed by atoms with Crippen molar-refractivity contribution >= 4 is 5.97 Å². The Kier molecular flexibility index (Phi) is 10.5. The lowest BCUT2D eigenvalue weighted by Crippen LogP contribution is -2.12. The van der Waals surface area contributed by atoms with Crippen molar-refractivity contribution in [3.8, 4) is 0 Å². The van der Waals surface area contributed by atoms with E-state index < -0.39 is 0 Å². The number of rotatable bonds is 10. The Morgan fingerprint density at radius 3 is 2.31 bits per heavy atom. The molecule has 0 aromatic heterocycles. The molecule has 3 nitrogen and oxygen atoms in total. The second-order valence-corrected chi connectivity index (χ2v) is 4.32. The quantitative estimate of drug-likeness (QED) is 0.463. The van der Waals surface area contributed by atoms with Gasteiger partial charge in [0.1, 0.15) is 0 Å². The van der Waals surface area contributed by atoms with Crippen LogP contribution in [0.5, 0.6) is 0 Å². The van der Waals surface area contributed by atoms with Crippen LogP contribution in [0, 0.1) is 5.92 Å². The summed E-state index contributed by atoms with van der Waals surface area (Å²) in [5, 5.41) is 0. The number of hydrogen-bond acceptors (Lipinski definition) is 3. The summed E-state index contributed by atoms with van der Waals surface area (Å²) in [7, 11) is 0. The number of carbonyl (C=O) groups is 1. The average molecular weight is 229 g/mol. The van der Waals surface area contributed by atoms with Crippen LogP contribution in [0.1, 0.15) is 58.8 Å². The zero-order valence-corrected chi connectivity index (χ0v) is 10.8. The minimum atomic E-state index is -0.0420. The SMILES string of the molecule is CCC(CC)COC(=O)CCCCCCN. The summed E-state index contributed by atoms with van der Waals surface area (Å²) in [5.74, 6) is 0.487. The van der Waals surface area contributed by atoms with Gasteiger partial charge in [-0.05, 0) is 25.3 Å². The standard InChI is InChI=1S/C13H27NO2/c1-3-12(4-2)11-16-13(15)9-7-5-6-8-10-14/h12H,3-11,14H2,1-2H3.